The van der Waals surface area contributed by atoms with Crippen LogP contribution >= 0.6 is 11.6 Å². The van der Waals surface area contributed by atoms with Crippen LogP contribution in [0.4, 0.5) is 13.2 Å². The molecule has 1 aromatic heterocycles. The summed E-state index contributed by atoms with van der Waals surface area (Å²) in [5, 5.41) is 18.6. The zero-order valence-electron chi connectivity index (χ0n) is 21.0. The summed E-state index contributed by atoms with van der Waals surface area (Å²) in [5.74, 6) is -0.581. The monoisotopic (exact) mass is 562 g/mol. The molecule has 1 heterocycles. The lowest BCUT2D eigenvalue weighted by atomic mass is 9.94. The van der Waals surface area contributed by atoms with Gasteiger partial charge in [0.1, 0.15) is 12.4 Å². The zero-order valence-corrected chi connectivity index (χ0v) is 21.7. The number of nitrogens with zero attached hydrogens (tertiary/aromatic N) is 2. The lowest BCUT2D eigenvalue weighted by Gasteiger charge is -2.16. The van der Waals surface area contributed by atoms with E-state index in [2.05, 4.69) is 10.2 Å². The van der Waals surface area contributed by atoms with Gasteiger partial charge in [0.25, 0.3) is 0 Å². The molecule has 4 aromatic carbocycles. The number of carboxylic acid groups (broad SMARTS) is 1. The molecule has 5 nitrogen and oxygen atoms in total. The maximum Gasteiger partial charge on any atom is 0.393 e. The molecule has 0 radical (unpaired) electrons. The molecule has 5 aromatic rings. The van der Waals surface area contributed by atoms with Gasteiger partial charge in [-0.3, -0.25) is 0 Å². The van der Waals surface area contributed by atoms with Crippen LogP contribution in [0.3, 0.4) is 0 Å². The Kier molecular flexibility index (Phi) is 7.71. The third-order valence-electron chi connectivity index (χ3n) is 6.37. The molecule has 9 heteroatoms. The first kappa shape index (κ1) is 27.1. The zero-order chi connectivity index (χ0) is 28.3. The van der Waals surface area contributed by atoms with Gasteiger partial charge in [-0.1, -0.05) is 78.3 Å². The van der Waals surface area contributed by atoms with Crippen LogP contribution in [0.15, 0.2) is 91.0 Å². The summed E-state index contributed by atoms with van der Waals surface area (Å²) in [4.78, 5) is 11.2. The standard InChI is InChI=1S/C31H22ClF3N2O3/c32-26-16-21(30(38)39)12-13-23(26)18-40-24-10-4-8-20(15-24)28-25-11-5-9-22(17-31(33,34)35)29(25)37-36-27(28)14-19-6-2-1-3-7-19/h1-13,15-16H,14,17-18H2,(H,38,39). The van der Waals surface area contributed by atoms with E-state index < -0.39 is 18.6 Å². The molecule has 0 saturated carbocycles. The third-order valence-corrected chi connectivity index (χ3v) is 6.72. The molecule has 40 heavy (non-hydrogen) atoms. The van der Waals surface area contributed by atoms with E-state index in [0.717, 1.165) is 5.56 Å². The highest BCUT2D eigenvalue weighted by Gasteiger charge is 2.29. The van der Waals surface area contributed by atoms with Gasteiger partial charge in [0.2, 0.25) is 0 Å². The van der Waals surface area contributed by atoms with E-state index in [0.29, 0.717) is 39.9 Å². The first-order chi connectivity index (χ1) is 19.2. The van der Waals surface area contributed by atoms with Gasteiger partial charge in [0, 0.05) is 28.0 Å². The van der Waals surface area contributed by atoms with Gasteiger partial charge in [-0.05, 0) is 41.0 Å². The topological polar surface area (TPSA) is 72.3 Å². The summed E-state index contributed by atoms with van der Waals surface area (Å²) in [5.41, 5.74) is 3.91. The number of hydrogen-bond acceptors (Lipinski definition) is 4. The molecule has 0 amide bonds. The highest BCUT2D eigenvalue weighted by Crippen LogP contribution is 2.36. The molecule has 0 unspecified atom stereocenters. The Labute approximate surface area is 232 Å². The Morgan fingerprint density at radius 1 is 0.875 bits per heavy atom. The lowest BCUT2D eigenvalue weighted by molar-refractivity contribution is -0.127. The fraction of sp³-hybridized carbons (Fsp3) is 0.129. The summed E-state index contributed by atoms with van der Waals surface area (Å²) in [6.45, 7) is 0.0874. The number of hydrogen-bond donors (Lipinski definition) is 1. The molecule has 0 aliphatic heterocycles. The van der Waals surface area contributed by atoms with Crippen molar-refractivity contribution in [2.24, 2.45) is 0 Å². The van der Waals surface area contributed by atoms with Gasteiger partial charge in [-0.15, -0.1) is 5.10 Å². The molecule has 0 spiro atoms. The summed E-state index contributed by atoms with van der Waals surface area (Å²) in [6.07, 6.45) is -5.07. The second-order valence-corrected chi connectivity index (χ2v) is 9.62. The molecule has 202 valence electrons. The second kappa shape index (κ2) is 11.4. The Balaban J connectivity index is 1.55. The Morgan fingerprint density at radius 3 is 2.38 bits per heavy atom. The molecule has 0 bridgehead atoms. The van der Waals surface area contributed by atoms with E-state index in [1.54, 1.807) is 36.4 Å². The highest BCUT2D eigenvalue weighted by atomic mass is 35.5. The van der Waals surface area contributed by atoms with Crippen molar-refractivity contribution >= 4 is 28.5 Å². The number of aromatic nitrogens is 2. The van der Waals surface area contributed by atoms with Crippen molar-refractivity contribution in [3.05, 3.63) is 124 Å². The number of rotatable bonds is 8. The predicted molar refractivity (Wildman–Crippen MR) is 147 cm³/mol. The molecule has 5 rings (SSSR count). The van der Waals surface area contributed by atoms with Crippen LogP contribution in [-0.2, 0) is 19.4 Å². The van der Waals surface area contributed by atoms with Crippen LogP contribution in [0.2, 0.25) is 5.02 Å². The largest absolute Gasteiger partial charge is 0.489 e. The minimum absolute atomic E-state index is 0.0527. The molecular formula is C31H22ClF3N2O3. The van der Waals surface area contributed by atoms with Crippen LogP contribution in [-0.4, -0.2) is 27.4 Å². The SMILES string of the molecule is O=C(O)c1ccc(COc2cccc(-c3c(Cc4ccccc4)nnc4c(CC(F)(F)F)cccc34)c2)c(Cl)c1. The summed E-state index contributed by atoms with van der Waals surface area (Å²) in [7, 11) is 0. The van der Waals surface area contributed by atoms with Gasteiger partial charge >= 0.3 is 12.1 Å². The van der Waals surface area contributed by atoms with Crippen molar-refractivity contribution in [3.8, 4) is 16.9 Å². The molecular weight excluding hydrogens is 541 g/mol. The van der Waals surface area contributed by atoms with E-state index in [1.165, 1.54) is 18.2 Å². The van der Waals surface area contributed by atoms with E-state index in [9.17, 15) is 18.0 Å². The molecule has 0 aliphatic rings. The third kappa shape index (κ3) is 6.24. The van der Waals surface area contributed by atoms with E-state index >= 15 is 0 Å². The summed E-state index contributed by atoms with van der Waals surface area (Å²) >= 11 is 6.25. The van der Waals surface area contributed by atoms with Crippen LogP contribution in [0.25, 0.3) is 22.0 Å². The number of alkyl halides is 3. The van der Waals surface area contributed by atoms with Gasteiger partial charge in [0.05, 0.1) is 23.2 Å². The van der Waals surface area contributed by atoms with Crippen LogP contribution < -0.4 is 4.74 Å². The number of fused-ring (bicyclic) bond motifs is 1. The van der Waals surface area contributed by atoms with Crippen LogP contribution in [0.5, 0.6) is 5.75 Å². The average molecular weight is 563 g/mol. The Morgan fingerprint density at radius 2 is 1.65 bits per heavy atom. The minimum Gasteiger partial charge on any atom is -0.489 e. The van der Waals surface area contributed by atoms with Gasteiger partial charge < -0.3 is 9.84 Å². The number of halogens is 4. The number of carbonyl (C=O) groups is 1. The quantitative estimate of drug-likeness (QED) is 0.208. The normalized spacial score (nSPS) is 11.5. The fourth-order valence-corrected chi connectivity index (χ4v) is 4.76. The number of aromatic carboxylic acids is 1. The van der Waals surface area contributed by atoms with Crippen molar-refractivity contribution in [2.45, 2.75) is 25.6 Å². The van der Waals surface area contributed by atoms with Gasteiger partial charge in [0.15, 0.2) is 0 Å². The molecule has 1 N–H and O–H groups in total. The number of carboxylic acids is 1. The Hall–Kier alpha value is -4.43. The van der Waals surface area contributed by atoms with Crippen molar-refractivity contribution < 1.29 is 27.8 Å². The maximum absolute atomic E-state index is 13.3. The average Bonchev–Trinajstić information content (AvgIpc) is 2.92. The van der Waals surface area contributed by atoms with Crippen molar-refractivity contribution in [2.75, 3.05) is 0 Å². The van der Waals surface area contributed by atoms with E-state index in [1.807, 2.05) is 36.4 Å². The lowest BCUT2D eigenvalue weighted by Crippen LogP contribution is -2.12. The smallest absolute Gasteiger partial charge is 0.393 e. The summed E-state index contributed by atoms with van der Waals surface area (Å²) < 4.78 is 46.0. The van der Waals surface area contributed by atoms with Crippen LogP contribution in [0, 0.1) is 0 Å². The summed E-state index contributed by atoms with van der Waals surface area (Å²) in [6, 6.07) is 26.0. The van der Waals surface area contributed by atoms with E-state index in [-0.39, 0.29) is 28.3 Å². The van der Waals surface area contributed by atoms with Crippen molar-refractivity contribution in [3.63, 3.8) is 0 Å². The number of benzene rings is 4. The first-order valence-electron chi connectivity index (χ1n) is 12.3. The first-order valence-corrected chi connectivity index (χ1v) is 12.7. The van der Waals surface area contributed by atoms with Gasteiger partial charge in [-0.25, -0.2) is 4.79 Å². The Bertz CT molecular complexity index is 1690. The molecule has 0 atom stereocenters. The second-order valence-electron chi connectivity index (χ2n) is 9.22. The van der Waals surface area contributed by atoms with Crippen molar-refractivity contribution in [1.82, 2.24) is 10.2 Å². The molecule has 0 aliphatic carbocycles. The predicted octanol–water partition coefficient (Wildman–Crippen LogP) is 7.92. The molecule has 0 saturated heterocycles. The highest BCUT2D eigenvalue weighted by molar-refractivity contribution is 6.31. The molecule has 0 fully saturated rings. The number of ether oxygens (including phenoxy) is 1. The minimum atomic E-state index is -4.39. The van der Waals surface area contributed by atoms with Gasteiger partial charge in [-0.2, -0.15) is 18.3 Å². The maximum atomic E-state index is 13.3. The van der Waals surface area contributed by atoms with Crippen molar-refractivity contribution in [1.29, 1.82) is 0 Å². The van der Waals surface area contributed by atoms with Crippen LogP contribution in [0.1, 0.15) is 32.7 Å². The fourth-order valence-electron chi connectivity index (χ4n) is 4.52. The van der Waals surface area contributed by atoms with E-state index in [4.69, 9.17) is 21.4 Å².